The molecule has 0 radical (unpaired) electrons. The number of aryl methyl sites for hydroxylation is 1. The predicted molar refractivity (Wildman–Crippen MR) is 106 cm³/mol. The van der Waals surface area contributed by atoms with Gasteiger partial charge in [-0.15, -0.1) is 11.3 Å². The van der Waals surface area contributed by atoms with Crippen molar-refractivity contribution in [3.8, 4) is 0 Å². The fourth-order valence-corrected chi connectivity index (χ4v) is 4.94. The van der Waals surface area contributed by atoms with Crippen LogP contribution in [0.5, 0.6) is 0 Å². The van der Waals surface area contributed by atoms with E-state index in [9.17, 15) is 4.79 Å². The Morgan fingerprint density at radius 3 is 2.77 bits per heavy atom. The molecule has 2 amide bonds. The molecule has 1 aromatic carbocycles. The third-order valence-corrected chi connectivity index (χ3v) is 6.49. The summed E-state index contributed by atoms with van der Waals surface area (Å²) in [6.45, 7) is 8.51. The summed E-state index contributed by atoms with van der Waals surface area (Å²) in [7, 11) is 0. The summed E-state index contributed by atoms with van der Waals surface area (Å²) < 4.78 is 0. The van der Waals surface area contributed by atoms with Crippen LogP contribution in [0.15, 0.2) is 29.6 Å². The second kappa shape index (κ2) is 7.00. The number of thiazole rings is 1. The third kappa shape index (κ3) is 3.12. The molecule has 1 spiro atoms. The van der Waals surface area contributed by atoms with Gasteiger partial charge >= 0.3 is 6.03 Å². The van der Waals surface area contributed by atoms with Crippen LogP contribution in [0.4, 0.5) is 10.5 Å². The molecule has 2 aliphatic heterocycles. The van der Waals surface area contributed by atoms with E-state index in [1.165, 1.54) is 11.3 Å². The standard InChI is InChI=1S/C20H26N4OS/c1-3-21-19(25)24-14-20(17-6-4-5-7-18(17)24)8-10-23(11-9-20)12-16-13-26-15(2)22-16/h4-7,13H,3,8-12,14H2,1-2H3,(H,21,25). The number of piperidine rings is 1. The number of fused-ring (bicyclic) bond motifs is 2. The SMILES string of the molecule is CCNC(=O)N1CC2(CCN(Cc3csc(C)n3)CC2)c2ccccc21. The number of carbonyl (C=O) groups excluding carboxylic acids is 1. The Hall–Kier alpha value is -1.92. The second-order valence-electron chi connectivity index (χ2n) is 7.35. The van der Waals surface area contributed by atoms with Gasteiger partial charge in [-0.1, -0.05) is 18.2 Å². The van der Waals surface area contributed by atoms with E-state index in [4.69, 9.17) is 0 Å². The smallest absolute Gasteiger partial charge is 0.321 e. The topological polar surface area (TPSA) is 48.5 Å². The lowest BCUT2D eigenvalue weighted by Gasteiger charge is -2.39. The first kappa shape index (κ1) is 17.5. The highest BCUT2D eigenvalue weighted by Crippen LogP contribution is 2.47. The third-order valence-electron chi connectivity index (χ3n) is 5.67. The molecule has 3 heterocycles. The zero-order valence-electron chi connectivity index (χ0n) is 15.5. The Kier molecular flexibility index (Phi) is 4.71. The lowest BCUT2D eigenvalue weighted by atomic mass is 9.74. The van der Waals surface area contributed by atoms with Gasteiger partial charge in [0, 0.05) is 36.1 Å². The average molecular weight is 371 g/mol. The van der Waals surface area contributed by atoms with Crippen molar-refractivity contribution in [3.63, 3.8) is 0 Å². The number of hydrogen-bond donors (Lipinski definition) is 1. The normalized spacial score (nSPS) is 18.9. The Balaban J connectivity index is 1.50. The Labute approximate surface area is 159 Å². The van der Waals surface area contributed by atoms with Gasteiger partial charge in [0.2, 0.25) is 0 Å². The summed E-state index contributed by atoms with van der Waals surface area (Å²) >= 11 is 1.72. The lowest BCUT2D eigenvalue weighted by molar-refractivity contribution is 0.158. The predicted octanol–water partition coefficient (Wildman–Crippen LogP) is 3.53. The van der Waals surface area contributed by atoms with Crippen molar-refractivity contribution in [2.45, 2.75) is 38.6 Å². The number of amides is 2. The Morgan fingerprint density at radius 2 is 2.08 bits per heavy atom. The van der Waals surface area contributed by atoms with Crippen molar-refractivity contribution in [2.24, 2.45) is 0 Å². The van der Waals surface area contributed by atoms with Crippen LogP contribution in [0.3, 0.4) is 0 Å². The maximum absolute atomic E-state index is 12.5. The van der Waals surface area contributed by atoms with Gasteiger partial charge in [0.15, 0.2) is 0 Å². The fraction of sp³-hybridized carbons (Fsp3) is 0.500. The van der Waals surface area contributed by atoms with Crippen LogP contribution in [0.1, 0.15) is 36.0 Å². The minimum atomic E-state index is 0.0252. The van der Waals surface area contributed by atoms with Crippen LogP contribution in [0, 0.1) is 6.92 Å². The molecule has 1 aromatic heterocycles. The molecular weight excluding hydrogens is 344 g/mol. The molecule has 0 unspecified atom stereocenters. The number of nitrogens with zero attached hydrogens (tertiary/aromatic N) is 3. The van der Waals surface area contributed by atoms with E-state index in [1.807, 2.05) is 17.9 Å². The van der Waals surface area contributed by atoms with Gasteiger partial charge in [-0.25, -0.2) is 9.78 Å². The number of hydrogen-bond acceptors (Lipinski definition) is 4. The largest absolute Gasteiger partial charge is 0.338 e. The van der Waals surface area contributed by atoms with Gasteiger partial charge in [-0.3, -0.25) is 9.80 Å². The molecule has 6 heteroatoms. The van der Waals surface area contributed by atoms with Gasteiger partial charge in [-0.2, -0.15) is 0 Å². The molecule has 0 saturated carbocycles. The first-order chi connectivity index (χ1) is 12.6. The monoisotopic (exact) mass is 370 g/mol. The Bertz CT molecular complexity index is 795. The van der Waals surface area contributed by atoms with E-state index in [1.54, 1.807) is 11.3 Å². The summed E-state index contributed by atoms with van der Waals surface area (Å²) in [5.41, 5.74) is 3.70. The highest BCUT2D eigenvalue weighted by Gasteiger charge is 2.46. The maximum Gasteiger partial charge on any atom is 0.321 e. The van der Waals surface area contributed by atoms with E-state index < -0.39 is 0 Å². The number of urea groups is 1. The zero-order chi connectivity index (χ0) is 18.1. The average Bonchev–Trinajstić information content (AvgIpc) is 3.20. The van der Waals surface area contributed by atoms with Crippen molar-refractivity contribution in [1.82, 2.24) is 15.2 Å². The van der Waals surface area contributed by atoms with Gasteiger partial charge in [0.25, 0.3) is 0 Å². The van der Waals surface area contributed by atoms with Gasteiger partial charge in [0.05, 0.1) is 10.7 Å². The lowest BCUT2D eigenvalue weighted by Crippen LogP contribution is -2.47. The summed E-state index contributed by atoms with van der Waals surface area (Å²) in [6, 6.07) is 8.46. The van der Waals surface area contributed by atoms with Crippen LogP contribution in [-0.2, 0) is 12.0 Å². The molecule has 1 saturated heterocycles. The van der Waals surface area contributed by atoms with Crippen LogP contribution in [-0.4, -0.2) is 42.1 Å². The molecule has 2 aliphatic rings. The minimum absolute atomic E-state index is 0.0252. The van der Waals surface area contributed by atoms with E-state index in [-0.39, 0.29) is 11.4 Å². The number of rotatable bonds is 3. The highest BCUT2D eigenvalue weighted by molar-refractivity contribution is 7.09. The van der Waals surface area contributed by atoms with Crippen LogP contribution in [0.25, 0.3) is 0 Å². The zero-order valence-corrected chi connectivity index (χ0v) is 16.3. The molecule has 0 atom stereocenters. The molecule has 2 aromatic rings. The molecule has 26 heavy (non-hydrogen) atoms. The van der Waals surface area contributed by atoms with Crippen molar-refractivity contribution in [2.75, 3.05) is 31.1 Å². The first-order valence-corrected chi connectivity index (χ1v) is 10.3. The number of nitrogens with one attached hydrogen (secondary N) is 1. The number of carbonyl (C=O) groups is 1. The van der Waals surface area contributed by atoms with Crippen LogP contribution in [0.2, 0.25) is 0 Å². The summed E-state index contributed by atoms with van der Waals surface area (Å²) in [4.78, 5) is 21.6. The minimum Gasteiger partial charge on any atom is -0.338 e. The van der Waals surface area contributed by atoms with Gasteiger partial charge in [0.1, 0.15) is 0 Å². The Morgan fingerprint density at radius 1 is 1.31 bits per heavy atom. The molecule has 0 bridgehead atoms. The van der Waals surface area contributed by atoms with Gasteiger partial charge < -0.3 is 5.32 Å². The van der Waals surface area contributed by atoms with E-state index in [0.29, 0.717) is 6.54 Å². The number of benzene rings is 1. The van der Waals surface area contributed by atoms with Crippen LogP contribution < -0.4 is 10.2 Å². The number of likely N-dealkylation sites (tertiary alicyclic amines) is 1. The number of para-hydroxylation sites is 1. The summed E-state index contributed by atoms with van der Waals surface area (Å²) in [5.74, 6) is 0. The number of anilines is 1. The molecular formula is C20H26N4OS. The first-order valence-electron chi connectivity index (χ1n) is 9.39. The van der Waals surface area contributed by atoms with E-state index >= 15 is 0 Å². The van der Waals surface area contributed by atoms with Crippen LogP contribution >= 0.6 is 11.3 Å². The quantitative estimate of drug-likeness (QED) is 0.899. The van der Waals surface area contributed by atoms with Crippen molar-refractivity contribution in [1.29, 1.82) is 0 Å². The molecule has 4 rings (SSSR count). The molecule has 1 fully saturated rings. The van der Waals surface area contributed by atoms with Crippen molar-refractivity contribution in [3.05, 3.63) is 45.9 Å². The molecule has 5 nitrogen and oxygen atoms in total. The summed E-state index contributed by atoms with van der Waals surface area (Å²) in [6.07, 6.45) is 2.17. The molecule has 0 aliphatic carbocycles. The van der Waals surface area contributed by atoms with E-state index in [2.05, 4.69) is 45.7 Å². The van der Waals surface area contributed by atoms with Crippen molar-refractivity contribution < 1.29 is 4.79 Å². The van der Waals surface area contributed by atoms with Crippen molar-refractivity contribution >= 4 is 23.1 Å². The van der Waals surface area contributed by atoms with E-state index in [0.717, 1.165) is 49.7 Å². The maximum atomic E-state index is 12.5. The molecule has 138 valence electrons. The fourth-order valence-electron chi connectivity index (χ4n) is 4.33. The number of aromatic nitrogens is 1. The van der Waals surface area contributed by atoms with Gasteiger partial charge in [-0.05, 0) is 51.4 Å². The molecule has 1 N–H and O–H groups in total. The summed E-state index contributed by atoms with van der Waals surface area (Å²) in [5, 5.41) is 6.27. The highest BCUT2D eigenvalue weighted by atomic mass is 32.1. The second-order valence-corrected chi connectivity index (χ2v) is 8.42.